The van der Waals surface area contributed by atoms with Gasteiger partial charge >= 0.3 is 0 Å². The number of benzene rings is 3. The Morgan fingerprint density at radius 2 is 1.80 bits per heavy atom. The summed E-state index contributed by atoms with van der Waals surface area (Å²) in [6, 6.07) is 17.9. The topological polar surface area (TPSA) is 67.2 Å². The van der Waals surface area contributed by atoms with E-state index < -0.39 is 5.91 Å². The highest BCUT2D eigenvalue weighted by atomic mass is 35.5. The second-order valence-electron chi connectivity index (χ2n) is 6.60. The fourth-order valence-electron chi connectivity index (χ4n) is 2.86. The third-order valence-electron chi connectivity index (χ3n) is 4.34. The smallest absolute Gasteiger partial charge is 0.258 e. The van der Waals surface area contributed by atoms with Crippen molar-refractivity contribution in [3.05, 3.63) is 81.8 Å². The standard InChI is InChI=1S/C22H15Cl2N3O2S/c1-12-2-9-18-19(10-12)29-21(26-18)13-3-6-15(7-4-13)25-22(30)27-20(28)16-8-5-14(23)11-17(16)24/h2-11H,1H3,(H2,25,27,28,30). The highest BCUT2D eigenvalue weighted by Crippen LogP contribution is 2.26. The maximum atomic E-state index is 12.3. The average molecular weight is 456 g/mol. The molecule has 0 atom stereocenters. The number of oxazole rings is 1. The van der Waals surface area contributed by atoms with Crippen molar-refractivity contribution in [3.63, 3.8) is 0 Å². The summed E-state index contributed by atoms with van der Waals surface area (Å²) in [5.41, 5.74) is 4.49. The van der Waals surface area contributed by atoms with Crippen LogP contribution in [0, 0.1) is 6.92 Å². The van der Waals surface area contributed by atoms with Crippen molar-refractivity contribution in [2.45, 2.75) is 6.92 Å². The fourth-order valence-corrected chi connectivity index (χ4v) is 3.56. The maximum absolute atomic E-state index is 12.3. The molecule has 8 heteroatoms. The van der Waals surface area contributed by atoms with Gasteiger partial charge in [-0.2, -0.15) is 0 Å². The molecule has 0 radical (unpaired) electrons. The molecule has 0 spiro atoms. The predicted molar refractivity (Wildman–Crippen MR) is 124 cm³/mol. The summed E-state index contributed by atoms with van der Waals surface area (Å²) in [6.45, 7) is 2.00. The minimum Gasteiger partial charge on any atom is -0.436 e. The Balaban J connectivity index is 1.43. The summed E-state index contributed by atoms with van der Waals surface area (Å²) in [5.74, 6) is 0.114. The number of amides is 1. The van der Waals surface area contributed by atoms with E-state index in [0.29, 0.717) is 16.6 Å². The Labute approximate surface area is 188 Å². The first-order chi connectivity index (χ1) is 14.4. The van der Waals surface area contributed by atoms with Gasteiger partial charge in [-0.25, -0.2) is 4.98 Å². The first kappa shape index (κ1) is 20.3. The van der Waals surface area contributed by atoms with Crippen LogP contribution in [0.2, 0.25) is 10.0 Å². The molecule has 0 bridgehead atoms. The minimum atomic E-state index is -0.424. The molecule has 0 fully saturated rings. The average Bonchev–Trinajstić information content (AvgIpc) is 3.11. The third-order valence-corrected chi connectivity index (χ3v) is 5.09. The van der Waals surface area contributed by atoms with Gasteiger partial charge in [0.05, 0.1) is 10.6 Å². The van der Waals surface area contributed by atoms with Crippen LogP contribution in [0.3, 0.4) is 0 Å². The second-order valence-corrected chi connectivity index (χ2v) is 7.85. The van der Waals surface area contributed by atoms with E-state index in [2.05, 4.69) is 15.6 Å². The normalized spacial score (nSPS) is 10.8. The summed E-state index contributed by atoms with van der Waals surface area (Å²) in [5, 5.41) is 6.41. The van der Waals surface area contributed by atoms with Gasteiger partial charge in [-0.05, 0) is 79.3 Å². The van der Waals surface area contributed by atoms with Crippen molar-refractivity contribution in [2.75, 3.05) is 5.32 Å². The SMILES string of the molecule is Cc1ccc2nc(-c3ccc(NC(=S)NC(=O)c4ccc(Cl)cc4Cl)cc3)oc2c1. The van der Waals surface area contributed by atoms with E-state index in [1.165, 1.54) is 6.07 Å². The van der Waals surface area contributed by atoms with Crippen LogP contribution in [0.5, 0.6) is 0 Å². The van der Waals surface area contributed by atoms with Crippen LogP contribution < -0.4 is 10.6 Å². The van der Waals surface area contributed by atoms with E-state index >= 15 is 0 Å². The van der Waals surface area contributed by atoms with Gasteiger partial charge in [-0.15, -0.1) is 0 Å². The molecule has 150 valence electrons. The van der Waals surface area contributed by atoms with Crippen LogP contribution in [0.15, 0.2) is 65.1 Å². The van der Waals surface area contributed by atoms with E-state index in [1.54, 1.807) is 12.1 Å². The number of fused-ring (bicyclic) bond motifs is 1. The van der Waals surface area contributed by atoms with Crippen molar-refractivity contribution in [2.24, 2.45) is 0 Å². The summed E-state index contributed by atoms with van der Waals surface area (Å²) in [6.07, 6.45) is 0. The molecule has 4 aromatic rings. The van der Waals surface area contributed by atoms with Crippen molar-refractivity contribution >= 4 is 63.2 Å². The first-order valence-electron chi connectivity index (χ1n) is 8.94. The van der Waals surface area contributed by atoms with Crippen LogP contribution >= 0.6 is 35.4 Å². The number of halogens is 2. The van der Waals surface area contributed by atoms with Crippen LogP contribution in [0.25, 0.3) is 22.6 Å². The van der Waals surface area contributed by atoms with E-state index in [0.717, 1.165) is 22.2 Å². The van der Waals surface area contributed by atoms with Crippen molar-refractivity contribution in [1.82, 2.24) is 10.3 Å². The highest BCUT2D eigenvalue weighted by Gasteiger charge is 2.13. The zero-order valence-corrected chi connectivity index (χ0v) is 18.0. The molecule has 0 aliphatic rings. The van der Waals surface area contributed by atoms with Crippen molar-refractivity contribution in [3.8, 4) is 11.5 Å². The number of nitrogens with one attached hydrogen (secondary N) is 2. The van der Waals surface area contributed by atoms with E-state index in [1.807, 2.05) is 49.4 Å². The highest BCUT2D eigenvalue weighted by molar-refractivity contribution is 7.80. The molecule has 1 heterocycles. The van der Waals surface area contributed by atoms with Gasteiger partial charge in [0.2, 0.25) is 5.89 Å². The largest absolute Gasteiger partial charge is 0.436 e. The number of carbonyl (C=O) groups excluding carboxylic acids is 1. The number of carbonyl (C=O) groups is 1. The van der Waals surface area contributed by atoms with Crippen molar-refractivity contribution < 1.29 is 9.21 Å². The maximum Gasteiger partial charge on any atom is 0.258 e. The first-order valence-corrected chi connectivity index (χ1v) is 10.1. The lowest BCUT2D eigenvalue weighted by Gasteiger charge is -2.10. The molecule has 1 amide bonds. The number of hydrogen-bond acceptors (Lipinski definition) is 4. The molecular formula is C22H15Cl2N3O2S. The number of thiocarbonyl (C=S) groups is 1. The van der Waals surface area contributed by atoms with Gasteiger partial charge in [-0.1, -0.05) is 29.3 Å². The number of hydrogen-bond donors (Lipinski definition) is 2. The Morgan fingerprint density at radius 1 is 1.03 bits per heavy atom. The molecule has 0 aliphatic heterocycles. The van der Waals surface area contributed by atoms with Crippen LogP contribution in [-0.2, 0) is 0 Å². The predicted octanol–water partition coefficient (Wildman–Crippen LogP) is 6.24. The Bertz CT molecular complexity index is 1270. The molecule has 0 aliphatic carbocycles. The van der Waals surface area contributed by atoms with Gasteiger partial charge in [-0.3, -0.25) is 10.1 Å². The summed E-state index contributed by atoms with van der Waals surface area (Å²) in [7, 11) is 0. The fraction of sp³-hybridized carbons (Fsp3) is 0.0455. The lowest BCUT2D eigenvalue weighted by Crippen LogP contribution is -2.34. The molecule has 5 nitrogen and oxygen atoms in total. The van der Waals surface area contributed by atoms with Crippen LogP contribution in [0.4, 0.5) is 5.69 Å². The van der Waals surface area contributed by atoms with E-state index in [4.69, 9.17) is 39.8 Å². The van der Waals surface area contributed by atoms with Crippen molar-refractivity contribution in [1.29, 1.82) is 0 Å². The zero-order valence-electron chi connectivity index (χ0n) is 15.7. The zero-order chi connectivity index (χ0) is 21.3. The summed E-state index contributed by atoms with van der Waals surface area (Å²) >= 11 is 17.1. The molecule has 30 heavy (non-hydrogen) atoms. The molecule has 0 saturated carbocycles. The number of rotatable bonds is 3. The molecule has 0 unspecified atom stereocenters. The Kier molecular flexibility index (Phi) is 5.72. The number of aromatic nitrogens is 1. The van der Waals surface area contributed by atoms with E-state index in [-0.39, 0.29) is 15.7 Å². The van der Waals surface area contributed by atoms with Gasteiger partial charge < -0.3 is 9.73 Å². The number of nitrogens with zero attached hydrogens (tertiary/aromatic N) is 1. The van der Waals surface area contributed by atoms with Gasteiger partial charge in [0, 0.05) is 16.3 Å². The van der Waals surface area contributed by atoms with Crippen LogP contribution in [-0.4, -0.2) is 16.0 Å². The molecule has 1 aromatic heterocycles. The number of anilines is 1. The van der Waals surface area contributed by atoms with Gasteiger partial charge in [0.1, 0.15) is 5.52 Å². The minimum absolute atomic E-state index is 0.149. The monoisotopic (exact) mass is 455 g/mol. The van der Waals surface area contributed by atoms with E-state index in [9.17, 15) is 4.79 Å². The lowest BCUT2D eigenvalue weighted by atomic mass is 10.2. The van der Waals surface area contributed by atoms with Gasteiger partial charge in [0.25, 0.3) is 5.91 Å². The quantitative estimate of drug-likeness (QED) is 0.358. The Hall–Kier alpha value is -2.93. The number of aryl methyl sites for hydroxylation is 1. The molecule has 0 saturated heterocycles. The molecule has 2 N–H and O–H groups in total. The summed E-state index contributed by atoms with van der Waals surface area (Å²) in [4.78, 5) is 16.8. The summed E-state index contributed by atoms with van der Waals surface area (Å²) < 4.78 is 5.84. The third kappa shape index (κ3) is 4.46. The molecular weight excluding hydrogens is 441 g/mol. The Morgan fingerprint density at radius 3 is 2.53 bits per heavy atom. The molecule has 3 aromatic carbocycles. The second kappa shape index (κ2) is 8.44. The molecule has 4 rings (SSSR count). The lowest BCUT2D eigenvalue weighted by molar-refractivity contribution is 0.0978. The van der Waals surface area contributed by atoms with Gasteiger partial charge in [0.15, 0.2) is 10.7 Å². The van der Waals surface area contributed by atoms with Crippen LogP contribution in [0.1, 0.15) is 15.9 Å².